The molecule has 138 valence electrons. The quantitative estimate of drug-likeness (QED) is 0.782. The van der Waals surface area contributed by atoms with Crippen molar-refractivity contribution >= 4 is 27.4 Å². The monoisotopic (exact) mass is 392 g/mol. The molecule has 2 aliphatic rings. The Morgan fingerprint density at radius 1 is 1.08 bits per heavy atom. The highest BCUT2D eigenvalue weighted by Crippen LogP contribution is 2.35. The Balaban J connectivity index is 1.48. The number of piperidine rings is 1. The highest BCUT2D eigenvalue weighted by molar-refractivity contribution is 7.89. The average Bonchev–Trinajstić information content (AvgIpc) is 3.48. The van der Waals surface area contributed by atoms with E-state index in [-0.39, 0.29) is 4.90 Å². The summed E-state index contributed by atoms with van der Waals surface area (Å²) in [6, 6.07) is 9.24. The lowest BCUT2D eigenvalue weighted by atomic mass is 10.0. The van der Waals surface area contributed by atoms with Gasteiger partial charge in [-0.15, -0.1) is 0 Å². The van der Waals surface area contributed by atoms with Gasteiger partial charge in [-0.2, -0.15) is 4.31 Å². The molecule has 2 heterocycles. The normalized spacial score (nSPS) is 19.4. The topological polar surface area (TPSA) is 66.4 Å². The Morgan fingerprint density at radius 2 is 1.81 bits per heavy atom. The smallest absolute Gasteiger partial charge is 0.243 e. The minimum Gasteiger partial charge on any atom is -0.350 e. The van der Waals surface area contributed by atoms with Gasteiger partial charge in [0.15, 0.2) is 0 Å². The third-order valence-corrected chi connectivity index (χ3v) is 7.15. The third-order valence-electron chi connectivity index (χ3n) is 5.02. The van der Waals surface area contributed by atoms with Crippen molar-refractivity contribution in [3.8, 4) is 0 Å². The first-order chi connectivity index (χ1) is 12.6. The first-order valence-electron chi connectivity index (χ1n) is 8.86. The summed E-state index contributed by atoms with van der Waals surface area (Å²) < 4.78 is 27.3. The lowest BCUT2D eigenvalue weighted by Crippen LogP contribution is -2.48. The second-order valence-corrected chi connectivity index (χ2v) is 9.17. The van der Waals surface area contributed by atoms with Gasteiger partial charge in [-0.05, 0) is 49.9 Å². The van der Waals surface area contributed by atoms with E-state index >= 15 is 0 Å². The molecule has 26 heavy (non-hydrogen) atoms. The zero-order valence-electron chi connectivity index (χ0n) is 14.3. The van der Waals surface area contributed by atoms with E-state index in [0.29, 0.717) is 30.2 Å². The number of aromatic nitrogens is 2. The van der Waals surface area contributed by atoms with Crippen molar-refractivity contribution < 1.29 is 8.42 Å². The Bertz CT molecular complexity index is 866. The molecule has 2 fully saturated rings. The van der Waals surface area contributed by atoms with Crippen LogP contribution in [0.15, 0.2) is 47.8 Å². The van der Waals surface area contributed by atoms with Gasteiger partial charge >= 0.3 is 0 Å². The first kappa shape index (κ1) is 17.7. The second-order valence-electron chi connectivity index (χ2n) is 6.80. The molecule has 0 radical (unpaired) electrons. The van der Waals surface area contributed by atoms with E-state index < -0.39 is 10.0 Å². The summed E-state index contributed by atoms with van der Waals surface area (Å²) in [4.78, 5) is 11.0. The molecule has 6 nitrogen and oxygen atoms in total. The number of benzene rings is 1. The van der Waals surface area contributed by atoms with Crippen LogP contribution in [-0.4, -0.2) is 47.9 Å². The van der Waals surface area contributed by atoms with Crippen LogP contribution in [-0.2, 0) is 10.0 Å². The molecule has 1 aliphatic carbocycles. The maximum absolute atomic E-state index is 12.9. The van der Waals surface area contributed by atoms with Gasteiger partial charge in [0.2, 0.25) is 10.0 Å². The largest absolute Gasteiger partial charge is 0.350 e. The molecule has 0 unspecified atom stereocenters. The van der Waals surface area contributed by atoms with Crippen molar-refractivity contribution in [2.45, 2.75) is 42.7 Å². The van der Waals surface area contributed by atoms with E-state index in [4.69, 9.17) is 11.6 Å². The van der Waals surface area contributed by atoms with Gasteiger partial charge < -0.3 is 4.90 Å². The molecule has 1 saturated carbocycles. The molecule has 0 atom stereocenters. The predicted molar refractivity (Wildman–Crippen MR) is 101 cm³/mol. The fourth-order valence-electron chi connectivity index (χ4n) is 3.60. The fourth-order valence-corrected chi connectivity index (χ4v) is 5.37. The molecule has 0 amide bonds. The minimum absolute atomic E-state index is 0.262. The lowest BCUT2D eigenvalue weighted by molar-refractivity contribution is 0.308. The van der Waals surface area contributed by atoms with E-state index in [1.807, 2.05) is 6.07 Å². The van der Waals surface area contributed by atoms with Crippen LogP contribution in [0.1, 0.15) is 25.7 Å². The van der Waals surface area contributed by atoms with Gasteiger partial charge in [0.25, 0.3) is 0 Å². The van der Waals surface area contributed by atoms with Crippen LogP contribution in [0.25, 0.3) is 0 Å². The molecule has 0 spiro atoms. The second kappa shape index (κ2) is 7.13. The predicted octanol–water partition coefficient (Wildman–Crippen LogP) is 2.95. The Hall–Kier alpha value is -1.70. The van der Waals surface area contributed by atoms with Gasteiger partial charge in [0.05, 0.1) is 4.90 Å². The van der Waals surface area contributed by atoms with E-state index in [9.17, 15) is 8.42 Å². The summed E-state index contributed by atoms with van der Waals surface area (Å²) >= 11 is 5.96. The lowest BCUT2D eigenvalue weighted by Gasteiger charge is -2.38. The maximum atomic E-state index is 12.9. The molecule has 1 aromatic carbocycles. The zero-order valence-corrected chi connectivity index (χ0v) is 15.9. The average molecular weight is 393 g/mol. The van der Waals surface area contributed by atoms with Crippen LogP contribution < -0.4 is 4.90 Å². The summed E-state index contributed by atoms with van der Waals surface area (Å²) in [5, 5.41) is 0.435. The van der Waals surface area contributed by atoms with Crippen molar-refractivity contribution in [2.75, 3.05) is 18.0 Å². The summed E-state index contributed by atoms with van der Waals surface area (Å²) in [7, 11) is -3.50. The van der Waals surface area contributed by atoms with E-state index in [1.165, 1.54) is 18.9 Å². The van der Waals surface area contributed by atoms with Gasteiger partial charge in [-0.1, -0.05) is 17.7 Å². The van der Waals surface area contributed by atoms with Crippen LogP contribution >= 0.6 is 11.6 Å². The Morgan fingerprint density at radius 3 is 2.42 bits per heavy atom. The van der Waals surface area contributed by atoms with Gasteiger partial charge in [-0.3, -0.25) is 0 Å². The molecule has 0 N–H and O–H groups in total. The summed E-state index contributed by atoms with van der Waals surface area (Å²) in [6.07, 6.45) is 7.26. The highest BCUT2D eigenvalue weighted by atomic mass is 35.5. The molecule has 1 aliphatic heterocycles. The number of halogens is 1. The van der Waals surface area contributed by atoms with Crippen LogP contribution in [0.3, 0.4) is 0 Å². The maximum Gasteiger partial charge on any atom is 0.243 e. The number of hydrogen-bond donors (Lipinski definition) is 0. The van der Waals surface area contributed by atoms with Crippen molar-refractivity contribution in [2.24, 2.45) is 0 Å². The van der Waals surface area contributed by atoms with Crippen molar-refractivity contribution in [3.05, 3.63) is 47.9 Å². The van der Waals surface area contributed by atoms with Crippen LogP contribution in [0, 0.1) is 0 Å². The van der Waals surface area contributed by atoms with Gasteiger partial charge in [0, 0.05) is 36.4 Å². The number of hydrogen-bond acceptors (Lipinski definition) is 5. The minimum atomic E-state index is -3.50. The standard InChI is InChI=1S/C18H21ClN4O2S/c19-14-2-1-3-17(12-14)26(24,25)22-10-7-16(8-11-22)23(15-4-5-15)18-6-9-20-13-21-18/h1-3,6,9,12-13,15-16H,4-5,7-8,10-11H2. The Labute approximate surface area is 158 Å². The Kier molecular flexibility index (Phi) is 4.86. The van der Waals surface area contributed by atoms with Gasteiger partial charge in [0.1, 0.15) is 12.1 Å². The zero-order chi connectivity index (χ0) is 18.1. The molecule has 4 rings (SSSR count). The molecular weight excluding hydrogens is 372 g/mol. The number of anilines is 1. The highest BCUT2D eigenvalue weighted by Gasteiger charge is 2.38. The molecular formula is C18H21ClN4O2S. The molecule has 0 bridgehead atoms. The molecule has 8 heteroatoms. The molecule has 2 aromatic rings. The van der Waals surface area contributed by atoms with Crippen LogP contribution in [0.4, 0.5) is 5.82 Å². The molecule has 1 saturated heterocycles. The first-order valence-corrected chi connectivity index (χ1v) is 10.7. The van der Waals surface area contributed by atoms with E-state index in [2.05, 4.69) is 14.9 Å². The van der Waals surface area contributed by atoms with Crippen LogP contribution in [0.2, 0.25) is 5.02 Å². The van der Waals surface area contributed by atoms with Crippen molar-refractivity contribution in [1.82, 2.24) is 14.3 Å². The third kappa shape index (κ3) is 3.56. The summed E-state index contributed by atoms with van der Waals surface area (Å²) in [6.45, 7) is 1.02. The molecule has 1 aromatic heterocycles. The SMILES string of the molecule is O=S(=O)(c1cccc(Cl)c1)N1CCC(N(c2ccncn2)C2CC2)CC1. The van der Waals surface area contributed by atoms with Crippen molar-refractivity contribution in [3.63, 3.8) is 0 Å². The number of nitrogens with zero attached hydrogens (tertiary/aromatic N) is 4. The van der Waals surface area contributed by atoms with Crippen LogP contribution in [0.5, 0.6) is 0 Å². The van der Waals surface area contributed by atoms with Crippen molar-refractivity contribution in [1.29, 1.82) is 0 Å². The number of sulfonamides is 1. The number of rotatable bonds is 5. The van der Waals surface area contributed by atoms with E-state index in [1.54, 1.807) is 35.0 Å². The summed E-state index contributed by atoms with van der Waals surface area (Å²) in [5.41, 5.74) is 0. The van der Waals surface area contributed by atoms with E-state index in [0.717, 1.165) is 18.7 Å². The van der Waals surface area contributed by atoms with Gasteiger partial charge in [-0.25, -0.2) is 18.4 Å². The summed E-state index contributed by atoms with van der Waals surface area (Å²) in [5.74, 6) is 0.943. The fraction of sp³-hybridized carbons (Fsp3) is 0.444.